The summed E-state index contributed by atoms with van der Waals surface area (Å²) in [5.41, 5.74) is 6.31. The average molecular weight is 266 g/mol. The maximum absolute atomic E-state index is 13.1. The quantitative estimate of drug-likeness (QED) is 0.824. The number of rotatable bonds is 6. The molecule has 1 aromatic carbocycles. The molecule has 0 heterocycles. The SMILES string of the molecule is C[C@@H](N)c1cc(F)ccc1OCC(=O)NCC1CC1. The van der Waals surface area contributed by atoms with Gasteiger partial charge in [0.15, 0.2) is 6.61 Å². The summed E-state index contributed by atoms with van der Waals surface area (Å²) >= 11 is 0. The molecule has 1 aliphatic carbocycles. The van der Waals surface area contributed by atoms with Crippen LogP contribution in [0.5, 0.6) is 5.75 Å². The molecule has 0 unspecified atom stereocenters. The van der Waals surface area contributed by atoms with Gasteiger partial charge in [-0.05, 0) is 43.9 Å². The Morgan fingerprint density at radius 1 is 1.58 bits per heavy atom. The minimum atomic E-state index is -0.363. The van der Waals surface area contributed by atoms with E-state index in [1.807, 2.05) is 0 Å². The summed E-state index contributed by atoms with van der Waals surface area (Å²) < 4.78 is 18.5. The lowest BCUT2D eigenvalue weighted by Crippen LogP contribution is -2.30. The highest BCUT2D eigenvalue weighted by Crippen LogP contribution is 2.27. The molecule has 19 heavy (non-hydrogen) atoms. The average Bonchev–Trinajstić information content (AvgIpc) is 3.18. The molecule has 2 rings (SSSR count). The number of carbonyl (C=O) groups excluding carboxylic acids is 1. The van der Waals surface area contributed by atoms with Crippen molar-refractivity contribution in [2.45, 2.75) is 25.8 Å². The Morgan fingerprint density at radius 3 is 2.95 bits per heavy atom. The first kappa shape index (κ1) is 13.8. The fourth-order valence-electron chi connectivity index (χ4n) is 1.78. The van der Waals surface area contributed by atoms with Gasteiger partial charge in [-0.2, -0.15) is 0 Å². The van der Waals surface area contributed by atoms with Crippen LogP contribution >= 0.6 is 0 Å². The van der Waals surface area contributed by atoms with Crippen LogP contribution in [0.15, 0.2) is 18.2 Å². The van der Waals surface area contributed by atoms with Crippen molar-refractivity contribution in [3.63, 3.8) is 0 Å². The lowest BCUT2D eigenvalue weighted by atomic mass is 10.1. The number of halogens is 1. The van der Waals surface area contributed by atoms with Gasteiger partial charge in [-0.1, -0.05) is 0 Å². The van der Waals surface area contributed by atoms with Crippen molar-refractivity contribution >= 4 is 5.91 Å². The minimum absolute atomic E-state index is 0.0714. The Labute approximate surface area is 112 Å². The zero-order chi connectivity index (χ0) is 13.8. The van der Waals surface area contributed by atoms with Crippen molar-refractivity contribution in [2.24, 2.45) is 11.7 Å². The van der Waals surface area contributed by atoms with Gasteiger partial charge >= 0.3 is 0 Å². The molecule has 1 aliphatic rings. The molecule has 0 aliphatic heterocycles. The van der Waals surface area contributed by atoms with Crippen molar-refractivity contribution < 1.29 is 13.9 Å². The smallest absolute Gasteiger partial charge is 0.257 e. The minimum Gasteiger partial charge on any atom is -0.483 e. The van der Waals surface area contributed by atoms with E-state index in [1.165, 1.54) is 31.0 Å². The van der Waals surface area contributed by atoms with E-state index in [4.69, 9.17) is 10.5 Å². The largest absolute Gasteiger partial charge is 0.483 e. The maximum atomic E-state index is 13.1. The van der Waals surface area contributed by atoms with Gasteiger partial charge in [0.05, 0.1) is 0 Å². The summed E-state index contributed by atoms with van der Waals surface area (Å²) in [5.74, 6) is 0.567. The summed E-state index contributed by atoms with van der Waals surface area (Å²) in [6, 6.07) is 3.79. The van der Waals surface area contributed by atoms with Gasteiger partial charge in [-0.3, -0.25) is 4.79 Å². The molecule has 4 nitrogen and oxygen atoms in total. The van der Waals surface area contributed by atoms with Crippen LogP contribution in [0.25, 0.3) is 0 Å². The number of carbonyl (C=O) groups is 1. The summed E-state index contributed by atoms with van der Waals surface area (Å²) in [4.78, 5) is 11.6. The van der Waals surface area contributed by atoms with Crippen molar-refractivity contribution in [1.82, 2.24) is 5.32 Å². The molecule has 0 saturated heterocycles. The third-order valence-electron chi connectivity index (χ3n) is 3.11. The van der Waals surface area contributed by atoms with Gasteiger partial charge in [0.2, 0.25) is 0 Å². The van der Waals surface area contributed by atoms with Crippen molar-refractivity contribution in [3.8, 4) is 5.75 Å². The number of nitrogens with two attached hydrogens (primary N) is 1. The normalized spacial score (nSPS) is 15.9. The number of amides is 1. The predicted octanol–water partition coefficient (Wildman–Crippen LogP) is 1.75. The third-order valence-corrected chi connectivity index (χ3v) is 3.11. The third kappa shape index (κ3) is 4.21. The van der Waals surface area contributed by atoms with Crippen molar-refractivity contribution in [2.75, 3.05) is 13.2 Å². The zero-order valence-electron chi connectivity index (χ0n) is 11.0. The summed E-state index contributed by atoms with van der Waals surface area (Å²) in [6.07, 6.45) is 2.38. The predicted molar refractivity (Wildman–Crippen MR) is 70.2 cm³/mol. The fraction of sp³-hybridized carbons (Fsp3) is 0.500. The Bertz CT molecular complexity index is 459. The van der Waals surface area contributed by atoms with Gasteiger partial charge in [-0.25, -0.2) is 4.39 Å². The monoisotopic (exact) mass is 266 g/mol. The van der Waals surface area contributed by atoms with Gasteiger partial charge in [0.25, 0.3) is 5.91 Å². The van der Waals surface area contributed by atoms with Crippen molar-refractivity contribution in [1.29, 1.82) is 0 Å². The Kier molecular flexibility index (Phi) is 4.37. The van der Waals surface area contributed by atoms with Crippen LogP contribution in [0, 0.1) is 11.7 Å². The van der Waals surface area contributed by atoms with Gasteiger partial charge < -0.3 is 15.8 Å². The number of hydrogen-bond acceptors (Lipinski definition) is 3. The second-order valence-corrected chi connectivity index (χ2v) is 5.01. The van der Waals surface area contributed by atoms with E-state index in [0.29, 0.717) is 23.8 Å². The highest BCUT2D eigenvalue weighted by atomic mass is 19.1. The maximum Gasteiger partial charge on any atom is 0.257 e. The molecular formula is C14H19FN2O2. The van der Waals surface area contributed by atoms with Crippen LogP contribution < -0.4 is 15.8 Å². The molecule has 3 N–H and O–H groups in total. The number of benzene rings is 1. The second-order valence-electron chi connectivity index (χ2n) is 5.01. The Hall–Kier alpha value is -1.62. The Morgan fingerprint density at radius 2 is 2.32 bits per heavy atom. The molecule has 1 fully saturated rings. The molecular weight excluding hydrogens is 247 g/mol. The summed E-state index contributed by atoms with van der Waals surface area (Å²) in [5, 5.41) is 2.81. The Balaban J connectivity index is 1.88. The van der Waals surface area contributed by atoms with Crippen LogP contribution in [0.1, 0.15) is 31.4 Å². The van der Waals surface area contributed by atoms with Gasteiger partial charge in [0, 0.05) is 18.2 Å². The van der Waals surface area contributed by atoms with E-state index in [-0.39, 0.29) is 24.4 Å². The molecule has 1 aromatic rings. The first-order chi connectivity index (χ1) is 9.06. The van der Waals surface area contributed by atoms with E-state index >= 15 is 0 Å². The molecule has 1 amide bonds. The standard InChI is InChI=1S/C14H19FN2O2/c1-9(16)12-6-11(15)4-5-13(12)19-8-14(18)17-7-10-2-3-10/h4-6,9-10H,2-3,7-8,16H2,1H3,(H,17,18)/t9-/m1/s1. The topological polar surface area (TPSA) is 64.3 Å². The van der Waals surface area contributed by atoms with E-state index < -0.39 is 0 Å². The van der Waals surface area contributed by atoms with Crippen LogP contribution in [0.3, 0.4) is 0 Å². The van der Waals surface area contributed by atoms with Crippen LogP contribution in [-0.4, -0.2) is 19.1 Å². The van der Waals surface area contributed by atoms with Crippen LogP contribution in [0.2, 0.25) is 0 Å². The lowest BCUT2D eigenvalue weighted by Gasteiger charge is -2.14. The number of hydrogen-bond donors (Lipinski definition) is 2. The molecule has 5 heteroatoms. The number of ether oxygens (including phenoxy) is 1. The molecule has 1 saturated carbocycles. The van der Waals surface area contributed by atoms with Gasteiger partial charge in [-0.15, -0.1) is 0 Å². The van der Waals surface area contributed by atoms with E-state index in [1.54, 1.807) is 6.92 Å². The molecule has 104 valence electrons. The second kappa shape index (κ2) is 6.02. The van der Waals surface area contributed by atoms with Crippen LogP contribution in [-0.2, 0) is 4.79 Å². The van der Waals surface area contributed by atoms with Gasteiger partial charge in [0.1, 0.15) is 11.6 Å². The van der Waals surface area contributed by atoms with Crippen molar-refractivity contribution in [3.05, 3.63) is 29.6 Å². The first-order valence-corrected chi connectivity index (χ1v) is 6.51. The van der Waals surface area contributed by atoms with E-state index in [2.05, 4.69) is 5.32 Å². The highest BCUT2D eigenvalue weighted by Gasteiger charge is 2.21. The van der Waals surface area contributed by atoms with E-state index in [0.717, 1.165) is 0 Å². The summed E-state index contributed by atoms with van der Waals surface area (Å²) in [6.45, 7) is 2.39. The molecule has 0 bridgehead atoms. The highest BCUT2D eigenvalue weighted by molar-refractivity contribution is 5.77. The summed E-state index contributed by atoms with van der Waals surface area (Å²) in [7, 11) is 0. The molecule has 0 spiro atoms. The van der Waals surface area contributed by atoms with Crippen LogP contribution in [0.4, 0.5) is 4.39 Å². The zero-order valence-corrected chi connectivity index (χ0v) is 11.0. The van der Waals surface area contributed by atoms with E-state index in [9.17, 15) is 9.18 Å². The lowest BCUT2D eigenvalue weighted by molar-refractivity contribution is -0.123. The molecule has 0 aromatic heterocycles. The molecule has 0 radical (unpaired) electrons. The molecule has 1 atom stereocenters. The fourth-order valence-corrected chi connectivity index (χ4v) is 1.78. The number of nitrogens with one attached hydrogen (secondary N) is 1. The first-order valence-electron chi connectivity index (χ1n) is 6.51.